The molecule has 150 valence electrons. The fraction of sp³-hybridized carbons (Fsp3) is 0.273. The van der Waals surface area contributed by atoms with Gasteiger partial charge in [0.25, 0.3) is 5.91 Å². The van der Waals surface area contributed by atoms with Crippen LogP contribution in [-0.2, 0) is 20.7 Å². The van der Waals surface area contributed by atoms with Crippen LogP contribution in [0.3, 0.4) is 0 Å². The highest BCUT2D eigenvalue weighted by molar-refractivity contribution is 7.13. The van der Waals surface area contributed by atoms with Crippen molar-refractivity contribution in [1.82, 2.24) is 14.9 Å². The number of hydrogen-bond donors (Lipinski definition) is 0. The van der Waals surface area contributed by atoms with Crippen LogP contribution >= 0.6 is 11.3 Å². The maximum atomic E-state index is 12.9. The van der Waals surface area contributed by atoms with E-state index in [4.69, 9.17) is 4.74 Å². The van der Waals surface area contributed by atoms with Crippen LogP contribution in [0.5, 0.6) is 0 Å². The van der Waals surface area contributed by atoms with Crippen molar-refractivity contribution in [2.75, 3.05) is 13.1 Å². The van der Waals surface area contributed by atoms with E-state index >= 15 is 0 Å². The number of hydrogen-bond acceptors (Lipinski definition) is 6. The van der Waals surface area contributed by atoms with E-state index in [1.165, 1.54) is 11.3 Å². The first-order valence-corrected chi connectivity index (χ1v) is 10.4. The third-order valence-electron chi connectivity index (χ3n) is 4.44. The molecule has 0 N–H and O–H groups in total. The number of rotatable bonds is 8. The number of pyridine rings is 1. The second-order valence-corrected chi connectivity index (χ2v) is 7.21. The summed E-state index contributed by atoms with van der Waals surface area (Å²) in [6.07, 6.45) is 2.48. The summed E-state index contributed by atoms with van der Waals surface area (Å²) in [6, 6.07) is 12.9. The van der Waals surface area contributed by atoms with Crippen molar-refractivity contribution in [2.24, 2.45) is 0 Å². The Morgan fingerprint density at radius 3 is 2.52 bits per heavy atom. The lowest BCUT2D eigenvalue weighted by atomic mass is 10.1. The van der Waals surface area contributed by atoms with E-state index in [9.17, 15) is 9.59 Å². The molecule has 3 aromatic rings. The number of aromatic nitrogens is 2. The van der Waals surface area contributed by atoms with E-state index in [0.29, 0.717) is 24.3 Å². The van der Waals surface area contributed by atoms with Crippen molar-refractivity contribution in [1.29, 1.82) is 0 Å². The lowest BCUT2D eigenvalue weighted by molar-refractivity contribution is -0.160. The lowest BCUT2D eigenvalue weighted by Crippen LogP contribution is -2.36. The zero-order chi connectivity index (χ0) is 20.6. The standard InChI is InChI=1S/C22H23N3O3S/c1-3-25(4-2)22(27)20(16-9-6-5-7-10-16)28-19(26)13-18-15-29-21(24-18)17-11-8-12-23-14-17/h5-12,14-15,20H,3-4,13H2,1-2H3/t20-/m0/s1. The van der Waals surface area contributed by atoms with Crippen LogP contribution in [0.15, 0.2) is 60.2 Å². The van der Waals surface area contributed by atoms with E-state index in [1.54, 1.807) is 29.4 Å². The number of ether oxygens (including phenoxy) is 1. The fourth-order valence-electron chi connectivity index (χ4n) is 2.92. The molecule has 7 heteroatoms. The molecular weight excluding hydrogens is 386 g/mol. The third-order valence-corrected chi connectivity index (χ3v) is 5.38. The molecule has 0 aliphatic carbocycles. The summed E-state index contributed by atoms with van der Waals surface area (Å²) in [5.41, 5.74) is 2.17. The van der Waals surface area contributed by atoms with Gasteiger partial charge in [0.2, 0.25) is 6.10 Å². The summed E-state index contributed by atoms with van der Waals surface area (Å²) in [4.78, 5) is 35.8. The maximum Gasteiger partial charge on any atom is 0.313 e. The molecule has 1 amide bonds. The molecule has 3 rings (SSSR count). The van der Waals surface area contributed by atoms with Crippen LogP contribution in [0.1, 0.15) is 31.2 Å². The van der Waals surface area contributed by atoms with Gasteiger partial charge in [0.1, 0.15) is 5.01 Å². The third kappa shape index (κ3) is 5.26. The molecule has 0 saturated carbocycles. The molecule has 2 aromatic heterocycles. The molecule has 29 heavy (non-hydrogen) atoms. The van der Waals surface area contributed by atoms with Crippen molar-refractivity contribution < 1.29 is 14.3 Å². The van der Waals surface area contributed by atoms with Crippen molar-refractivity contribution in [2.45, 2.75) is 26.4 Å². The number of likely N-dealkylation sites (N-methyl/N-ethyl adjacent to an activating group) is 1. The number of amides is 1. The Morgan fingerprint density at radius 2 is 1.86 bits per heavy atom. The van der Waals surface area contributed by atoms with Gasteiger partial charge in [0.15, 0.2) is 0 Å². The van der Waals surface area contributed by atoms with Gasteiger partial charge in [-0.2, -0.15) is 0 Å². The summed E-state index contributed by atoms with van der Waals surface area (Å²) in [6.45, 7) is 4.91. The molecular formula is C22H23N3O3S. The van der Waals surface area contributed by atoms with E-state index in [-0.39, 0.29) is 12.3 Å². The van der Waals surface area contributed by atoms with E-state index in [1.807, 2.05) is 49.6 Å². The van der Waals surface area contributed by atoms with Crippen molar-refractivity contribution in [3.63, 3.8) is 0 Å². The van der Waals surface area contributed by atoms with Gasteiger partial charge in [-0.3, -0.25) is 14.6 Å². The molecule has 0 saturated heterocycles. The monoisotopic (exact) mass is 409 g/mol. The molecule has 0 fully saturated rings. The summed E-state index contributed by atoms with van der Waals surface area (Å²) >= 11 is 1.44. The van der Waals surface area contributed by atoms with Crippen LogP contribution in [0.25, 0.3) is 10.6 Å². The van der Waals surface area contributed by atoms with Gasteiger partial charge in [-0.05, 0) is 26.0 Å². The highest BCUT2D eigenvalue weighted by Crippen LogP contribution is 2.24. The van der Waals surface area contributed by atoms with E-state index in [0.717, 1.165) is 10.6 Å². The second-order valence-electron chi connectivity index (χ2n) is 6.35. The molecule has 1 aromatic carbocycles. The van der Waals surface area contributed by atoms with Crippen molar-refractivity contribution in [3.8, 4) is 10.6 Å². The predicted molar refractivity (Wildman–Crippen MR) is 112 cm³/mol. The second kappa shape index (κ2) is 9.93. The molecule has 0 radical (unpaired) electrons. The zero-order valence-corrected chi connectivity index (χ0v) is 17.3. The number of esters is 1. The fourth-order valence-corrected chi connectivity index (χ4v) is 3.73. The van der Waals surface area contributed by atoms with Gasteiger partial charge in [0.05, 0.1) is 12.1 Å². The SMILES string of the molecule is CCN(CC)C(=O)[C@@H](OC(=O)Cc1csc(-c2cccnc2)n1)c1ccccc1. The van der Waals surface area contributed by atoms with Gasteiger partial charge in [-0.25, -0.2) is 4.98 Å². The number of carbonyl (C=O) groups is 2. The lowest BCUT2D eigenvalue weighted by Gasteiger charge is -2.25. The molecule has 0 aliphatic rings. The van der Waals surface area contributed by atoms with Gasteiger partial charge >= 0.3 is 5.97 Å². The number of nitrogens with zero attached hydrogens (tertiary/aromatic N) is 3. The highest BCUT2D eigenvalue weighted by atomic mass is 32.1. The minimum Gasteiger partial charge on any atom is -0.447 e. The Labute approximate surface area is 174 Å². The van der Waals surface area contributed by atoms with Crippen LogP contribution < -0.4 is 0 Å². The summed E-state index contributed by atoms with van der Waals surface area (Å²) in [5.74, 6) is -0.703. The number of thiazole rings is 1. The quantitative estimate of drug-likeness (QED) is 0.528. The number of benzene rings is 1. The van der Waals surface area contributed by atoms with Crippen LogP contribution in [0, 0.1) is 0 Å². The molecule has 2 heterocycles. The van der Waals surface area contributed by atoms with E-state index in [2.05, 4.69) is 9.97 Å². The number of carbonyl (C=O) groups excluding carboxylic acids is 2. The van der Waals surface area contributed by atoms with Gasteiger partial charge in [-0.1, -0.05) is 30.3 Å². The average Bonchev–Trinajstić information content (AvgIpc) is 3.22. The van der Waals surface area contributed by atoms with Gasteiger partial charge in [0, 0.05) is 42.0 Å². The van der Waals surface area contributed by atoms with Crippen LogP contribution in [0.2, 0.25) is 0 Å². The highest BCUT2D eigenvalue weighted by Gasteiger charge is 2.28. The largest absolute Gasteiger partial charge is 0.447 e. The Kier molecular flexibility index (Phi) is 7.08. The summed E-state index contributed by atoms with van der Waals surface area (Å²) < 4.78 is 5.62. The molecule has 6 nitrogen and oxygen atoms in total. The molecule has 0 unspecified atom stereocenters. The van der Waals surface area contributed by atoms with Crippen molar-refractivity contribution in [3.05, 3.63) is 71.5 Å². The Morgan fingerprint density at radius 1 is 1.10 bits per heavy atom. The Hall–Kier alpha value is -3.06. The minimum absolute atomic E-state index is 0.00558. The predicted octanol–water partition coefficient (Wildman–Crippen LogP) is 3.90. The molecule has 0 aliphatic heterocycles. The Bertz CT molecular complexity index is 940. The van der Waals surface area contributed by atoms with Crippen molar-refractivity contribution >= 4 is 23.2 Å². The van der Waals surface area contributed by atoms with Crippen LogP contribution in [-0.4, -0.2) is 39.8 Å². The molecule has 0 bridgehead atoms. The zero-order valence-electron chi connectivity index (χ0n) is 16.4. The first kappa shape index (κ1) is 20.7. The van der Waals surface area contributed by atoms with Gasteiger partial charge < -0.3 is 9.64 Å². The first-order chi connectivity index (χ1) is 14.1. The maximum absolute atomic E-state index is 12.9. The summed E-state index contributed by atoms with van der Waals surface area (Å²) in [7, 11) is 0. The van der Waals surface area contributed by atoms with Crippen LogP contribution in [0.4, 0.5) is 0 Å². The van der Waals surface area contributed by atoms with Gasteiger partial charge in [-0.15, -0.1) is 11.3 Å². The normalized spacial score (nSPS) is 11.7. The smallest absolute Gasteiger partial charge is 0.313 e. The Balaban J connectivity index is 1.73. The van der Waals surface area contributed by atoms with E-state index < -0.39 is 12.1 Å². The molecule has 1 atom stereocenters. The minimum atomic E-state index is -0.958. The topological polar surface area (TPSA) is 72.4 Å². The summed E-state index contributed by atoms with van der Waals surface area (Å²) in [5, 5.41) is 2.62. The average molecular weight is 410 g/mol. The molecule has 0 spiro atoms. The first-order valence-electron chi connectivity index (χ1n) is 9.50.